The van der Waals surface area contributed by atoms with Crippen molar-refractivity contribution in [2.75, 3.05) is 0 Å². The number of aromatic nitrogens is 2. The van der Waals surface area contributed by atoms with Crippen molar-refractivity contribution in [2.24, 2.45) is 17.4 Å². The highest BCUT2D eigenvalue weighted by Gasteiger charge is 2.33. The molecule has 5 unspecified atom stereocenters. The highest BCUT2D eigenvalue weighted by atomic mass is 16.4. The van der Waals surface area contributed by atoms with Crippen LogP contribution < -0.4 is 27.4 Å². The second kappa shape index (κ2) is 14.5. The van der Waals surface area contributed by atoms with Crippen molar-refractivity contribution in [1.82, 2.24) is 25.9 Å². The number of carbonyl (C=O) groups is 5. The first-order chi connectivity index (χ1) is 21.5. The van der Waals surface area contributed by atoms with Crippen molar-refractivity contribution in [3.8, 4) is 0 Å². The largest absolute Gasteiger partial charge is 0.480 e. The van der Waals surface area contributed by atoms with E-state index in [0.717, 1.165) is 32.9 Å². The van der Waals surface area contributed by atoms with Gasteiger partial charge >= 0.3 is 5.97 Å². The zero-order chi connectivity index (χ0) is 32.7. The van der Waals surface area contributed by atoms with E-state index in [1.807, 2.05) is 55.5 Å². The molecule has 0 radical (unpaired) electrons. The zero-order valence-corrected chi connectivity index (χ0v) is 25.1. The van der Waals surface area contributed by atoms with E-state index in [4.69, 9.17) is 11.5 Å². The van der Waals surface area contributed by atoms with Crippen molar-refractivity contribution in [3.63, 3.8) is 0 Å². The molecule has 0 aliphatic rings. The Morgan fingerprint density at radius 1 is 0.778 bits per heavy atom. The first kappa shape index (κ1) is 32.7. The molecule has 238 valence electrons. The number of primary amides is 1. The fraction of sp³-hybridized carbons (Fsp3) is 0.344. The van der Waals surface area contributed by atoms with Gasteiger partial charge in [0.05, 0.1) is 12.5 Å². The Labute approximate surface area is 259 Å². The molecule has 2 aromatic carbocycles. The molecule has 5 atom stereocenters. The first-order valence-corrected chi connectivity index (χ1v) is 14.8. The number of para-hydroxylation sites is 2. The Bertz CT molecular complexity index is 1700. The second-order valence-corrected chi connectivity index (χ2v) is 11.2. The topological polar surface area (TPSA) is 225 Å². The summed E-state index contributed by atoms with van der Waals surface area (Å²) in [5.41, 5.74) is 14.2. The van der Waals surface area contributed by atoms with Crippen LogP contribution in [-0.4, -0.2) is 68.8 Å². The number of H-pyrrole nitrogens is 2. The summed E-state index contributed by atoms with van der Waals surface area (Å²) in [5, 5.41) is 19.6. The van der Waals surface area contributed by atoms with Crippen LogP contribution >= 0.6 is 0 Å². The number of benzene rings is 2. The Morgan fingerprint density at radius 3 is 1.80 bits per heavy atom. The smallest absolute Gasteiger partial charge is 0.326 e. The van der Waals surface area contributed by atoms with Gasteiger partial charge in [-0.05, 0) is 29.2 Å². The van der Waals surface area contributed by atoms with Crippen LogP contribution in [0, 0.1) is 5.92 Å². The number of carboxylic acids is 1. The third-order valence-electron chi connectivity index (χ3n) is 8.00. The summed E-state index contributed by atoms with van der Waals surface area (Å²) in [6.07, 6.45) is 3.56. The molecule has 0 aliphatic heterocycles. The lowest BCUT2D eigenvalue weighted by atomic mass is 9.96. The van der Waals surface area contributed by atoms with Crippen LogP contribution in [0.25, 0.3) is 21.8 Å². The molecule has 13 nitrogen and oxygen atoms in total. The van der Waals surface area contributed by atoms with Gasteiger partial charge in [0, 0.05) is 47.0 Å². The normalized spacial score (nSPS) is 14.6. The lowest BCUT2D eigenvalue weighted by Gasteiger charge is -2.28. The van der Waals surface area contributed by atoms with Crippen LogP contribution in [-0.2, 0) is 36.8 Å². The fourth-order valence-electron chi connectivity index (χ4n) is 5.26. The van der Waals surface area contributed by atoms with Gasteiger partial charge in [-0.15, -0.1) is 0 Å². The minimum Gasteiger partial charge on any atom is -0.480 e. The number of hydrogen-bond acceptors (Lipinski definition) is 6. The summed E-state index contributed by atoms with van der Waals surface area (Å²) in [7, 11) is 0. The summed E-state index contributed by atoms with van der Waals surface area (Å²) in [4.78, 5) is 70.1. The van der Waals surface area contributed by atoms with Gasteiger partial charge in [0.25, 0.3) is 0 Å². The summed E-state index contributed by atoms with van der Waals surface area (Å²) in [5.74, 6) is -4.50. The molecule has 13 heteroatoms. The van der Waals surface area contributed by atoms with Crippen molar-refractivity contribution in [2.45, 2.75) is 63.7 Å². The molecule has 10 N–H and O–H groups in total. The Hall–Kier alpha value is -5.17. The number of hydrogen-bond donors (Lipinski definition) is 8. The average Bonchev–Trinajstić information content (AvgIpc) is 3.62. The lowest BCUT2D eigenvalue weighted by molar-refractivity contribution is -0.142. The number of carbonyl (C=O) groups excluding carboxylic acids is 4. The van der Waals surface area contributed by atoms with Crippen LogP contribution in [0.1, 0.15) is 37.8 Å². The lowest BCUT2D eigenvalue weighted by Crippen LogP contribution is -2.59. The van der Waals surface area contributed by atoms with Gasteiger partial charge in [-0.2, -0.15) is 0 Å². The summed E-state index contributed by atoms with van der Waals surface area (Å²) in [6, 6.07) is 10.0. The van der Waals surface area contributed by atoms with Crippen LogP contribution in [0.2, 0.25) is 0 Å². The van der Waals surface area contributed by atoms with E-state index in [0.29, 0.717) is 6.42 Å². The first-order valence-electron chi connectivity index (χ1n) is 14.8. The van der Waals surface area contributed by atoms with Gasteiger partial charge in [-0.3, -0.25) is 19.2 Å². The molecule has 0 fully saturated rings. The second-order valence-electron chi connectivity index (χ2n) is 11.2. The highest BCUT2D eigenvalue weighted by molar-refractivity contribution is 5.96. The van der Waals surface area contributed by atoms with Crippen molar-refractivity contribution in [1.29, 1.82) is 0 Å². The number of aromatic amines is 2. The number of nitrogens with two attached hydrogens (primary N) is 2. The van der Waals surface area contributed by atoms with Crippen LogP contribution in [0.4, 0.5) is 0 Å². The molecule has 4 aromatic rings. The van der Waals surface area contributed by atoms with Gasteiger partial charge < -0.3 is 42.5 Å². The zero-order valence-electron chi connectivity index (χ0n) is 25.1. The molecule has 2 heterocycles. The molecule has 0 spiro atoms. The van der Waals surface area contributed by atoms with Crippen LogP contribution in [0.3, 0.4) is 0 Å². The Morgan fingerprint density at radius 2 is 1.29 bits per heavy atom. The number of fused-ring (bicyclic) bond motifs is 2. The third-order valence-corrected chi connectivity index (χ3v) is 8.00. The van der Waals surface area contributed by atoms with E-state index in [9.17, 15) is 29.1 Å². The average molecular weight is 618 g/mol. The molecule has 0 aliphatic carbocycles. The maximum absolute atomic E-state index is 13.8. The van der Waals surface area contributed by atoms with Gasteiger partial charge in [-0.1, -0.05) is 56.7 Å². The van der Waals surface area contributed by atoms with Crippen LogP contribution in [0.15, 0.2) is 60.9 Å². The monoisotopic (exact) mass is 617 g/mol. The third kappa shape index (κ3) is 8.06. The molecular weight excluding hydrogens is 578 g/mol. The minimum absolute atomic E-state index is 0.0171. The molecule has 45 heavy (non-hydrogen) atoms. The number of carboxylic acid groups (broad SMARTS) is 1. The maximum Gasteiger partial charge on any atom is 0.326 e. The predicted molar refractivity (Wildman–Crippen MR) is 169 cm³/mol. The van der Waals surface area contributed by atoms with E-state index in [1.54, 1.807) is 19.3 Å². The van der Waals surface area contributed by atoms with E-state index in [2.05, 4.69) is 25.9 Å². The Balaban J connectivity index is 1.55. The van der Waals surface area contributed by atoms with Gasteiger partial charge in [-0.25, -0.2) is 4.79 Å². The van der Waals surface area contributed by atoms with Crippen molar-refractivity contribution in [3.05, 3.63) is 72.1 Å². The van der Waals surface area contributed by atoms with E-state index in [-0.39, 0.29) is 12.8 Å². The summed E-state index contributed by atoms with van der Waals surface area (Å²) in [6.45, 7) is 3.60. The minimum atomic E-state index is -1.28. The molecule has 0 saturated heterocycles. The van der Waals surface area contributed by atoms with Gasteiger partial charge in [0.15, 0.2) is 0 Å². The van der Waals surface area contributed by atoms with Crippen molar-refractivity contribution < 1.29 is 29.1 Å². The van der Waals surface area contributed by atoms with Gasteiger partial charge in [0.1, 0.15) is 18.1 Å². The Kier molecular flexibility index (Phi) is 10.6. The van der Waals surface area contributed by atoms with Gasteiger partial charge in [0.2, 0.25) is 23.6 Å². The fourth-order valence-corrected chi connectivity index (χ4v) is 5.26. The molecule has 2 aromatic heterocycles. The quantitative estimate of drug-likeness (QED) is 0.0972. The molecular formula is C32H39N7O6. The molecule has 4 amide bonds. The number of aliphatic carboxylic acids is 1. The van der Waals surface area contributed by atoms with Crippen LogP contribution in [0.5, 0.6) is 0 Å². The number of nitrogens with one attached hydrogen (secondary N) is 5. The van der Waals surface area contributed by atoms with E-state index in [1.165, 1.54) is 0 Å². The predicted octanol–water partition coefficient (Wildman–Crippen LogP) is 1.22. The molecule has 4 rings (SSSR count). The summed E-state index contributed by atoms with van der Waals surface area (Å²) < 4.78 is 0. The van der Waals surface area contributed by atoms with Crippen molar-refractivity contribution >= 4 is 51.4 Å². The summed E-state index contributed by atoms with van der Waals surface area (Å²) >= 11 is 0. The molecule has 0 saturated carbocycles. The SMILES string of the molecule is CCC(C)C(NC(=O)C(Cc1c[nH]c2ccccc12)NC(=O)C(N)CC(N)=O)C(=O)NC(Cc1c[nH]c2ccccc12)C(=O)O. The maximum atomic E-state index is 13.8. The highest BCUT2D eigenvalue weighted by Crippen LogP contribution is 2.21. The number of amides is 4. The molecule has 0 bridgehead atoms. The van der Waals surface area contributed by atoms with E-state index < -0.39 is 66.1 Å². The standard InChI is InChI=1S/C32H39N7O6/c1-3-17(2)28(31(43)38-26(32(44)45)13-19-16-36-24-11-7-5-9-21(19)24)39-30(42)25(37-29(41)22(33)14-27(34)40)12-18-15-35-23-10-6-4-8-20(18)23/h4-11,15-17,22,25-26,28,35-36H,3,12-14,33H2,1-2H3,(H2,34,40)(H,37,41)(H,38,43)(H,39,42)(H,44,45). The van der Waals surface area contributed by atoms with E-state index >= 15 is 0 Å². The number of rotatable bonds is 15.